The van der Waals surface area contributed by atoms with Gasteiger partial charge < -0.3 is 19.5 Å². The molecule has 0 bridgehead atoms. The van der Waals surface area contributed by atoms with E-state index < -0.39 is 0 Å². The van der Waals surface area contributed by atoms with Gasteiger partial charge in [-0.1, -0.05) is 27.7 Å². The lowest BCUT2D eigenvalue weighted by molar-refractivity contribution is 0.0230. The van der Waals surface area contributed by atoms with E-state index in [0.717, 1.165) is 26.0 Å². The maximum Gasteiger partial charge on any atom is 0.0701 e. The highest BCUT2D eigenvalue weighted by molar-refractivity contribution is 4.80. The third-order valence-electron chi connectivity index (χ3n) is 3.27. The summed E-state index contributed by atoms with van der Waals surface area (Å²) < 4.78 is 15.8. The molecule has 4 heteroatoms. The molecule has 0 rings (SSSR count). The summed E-state index contributed by atoms with van der Waals surface area (Å²) in [6.45, 7) is 13.6. The van der Waals surface area contributed by atoms with Crippen LogP contribution in [0.1, 0.15) is 47.0 Å². The molecule has 1 N–H and O–H groups in total. The van der Waals surface area contributed by atoms with Gasteiger partial charge in [0.2, 0.25) is 0 Å². The second kappa shape index (κ2) is 12.6. The summed E-state index contributed by atoms with van der Waals surface area (Å²) in [6.07, 6.45) is 3.44. The highest BCUT2D eigenvalue weighted by atomic mass is 16.5. The van der Waals surface area contributed by atoms with E-state index in [4.69, 9.17) is 14.2 Å². The van der Waals surface area contributed by atoms with E-state index in [1.165, 1.54) is 6.42 Å². The molecule has 0 aliphatic carbocycles. The van der Waals surface area contributed by atoms with E-state index in [9.17, 15) is 0 Å². The lowest BCUT2D eigenvalue weighted by Crippen LogP contribution is -2.40. The average Bonchev–Trinajstić information content (AvgIpc) is 2.38. The molecule has 0 aromatic heterocycles. The Labute approximate surface area is 125 Å². The Morgan fingerprint density at radius 1 is 0.950 bits per heavy atom. The van der Waals surface area contributed by atoms with Gasteiger partial charge in [-0.2, -0.15) is 0 Å². The Bertz CT molecular complexity index is 204. The van der Waals surface area contributed by atoms with Gasteiger partial charge in [0.25, 0.3) is 0 Å². The number of methoxy groups -OCH3 is 1. The lowest BCUT2D eigenvalue weighted by atomic mass is 9.84. The van der Waals surface area contributed by atoms with Crippen molar-refractivity contribution in [1.82, 2.24) is 5.32 Å². The molecule has 0 spiro atoms. The third kappa shape index (κ3) is 11.6. The van der Waals surface area contributed by atoms with Crippen LogP contribution in [0.25, 0.3) is 0 Å². The van der Waals surface area contributed by atoms with Crippen molar-refractivity contribution in [2.75, 3.05) is 46.7 Å². The van der Waals surface area contributed by atoms with E-state index in [-0.39, 0.29) is 0 Å². The minimum absolute atomic E-state index is 0.304. The van der Waals surface area contributed by atoms with Gasteiger partial charge in [0, 0.05) is 19.8 Å². The number of nitrogens with one attached hydrogen (secondary N) is 1. The zero-order chi connectivity index (χ0) is 15.3. The highest BCUT2D eigenvalue weighted by Crippen LogP contribution is 2.22. The average molecular weight is 289 g/mol. The van der Waals surface area contributed by atoms with Gasteiger partial charge in [-0.05, 0) is 31.2 Å². The first-order chi connectivity index (χ1) is 9.52. The molecule has 0 fully saturated rings. The molecule has 4 nitrogen and oxygen atoms in total. The monoisotopic (exact) mass is 289 g/mol. The van der Waals surface area contributed by atoms with Gasteiger partial charge >= 0.3 is 0 Å². The third-order valence-corrected chi connectivity index (χ3v) is 3.27. The normalized spacial score (nSPS) is 13.7. The Hall–Kier alpha value is -0.160. The predicted octanol–water partition coefficient (Wildman–Crippen LogP) is 2.86. The van der Waals surface area contributed by atoms with Crippen LogP contribution in [0.4, 0.5) is 0 Å². The summed E-state index contributed by atoms with van der Waals surface area (Å²) in [5.74, 6) is 0. The largest absolute Gasteiger partial charge is 0.382 e. The molecule has 0 aromatic carbocycles. The number of hydrogen-bond donors (Lipinski definition) is 1. The summed E-state index contributed by atoms with van der Waals surface area (Å²) in [5, 5.41) is 3.64. The molecular weight excluding hydrogens is 254 g/mol. The molecule has 0 radical (unpaired) electrons. The van der Waals surface area contributed by atoms with Gasteiger partial charge in [-0.3, -0.25) is 0 Å². The Kier molecular flexibility index (Phi) is 12.5. The molecule has 0 aliphatic rings. The van der Waals surface area contributed by atoms with Gasteiger partial charge in [0.05, 0.1) is 26.4 Å². The molecule has 1 unspecified atom stereocenters. The Morgan fingerprint density at radius 3 is 2.10 bits per heavy atom. The van der Waals surface area contributed by atoms with E-state index in [2.05, 4.69) is 33.0 Å². The summed E-state index contributed by atoms with van der Waals surface area (Å²) in [4.78, 5) is 0. The second-order valence-corrected chi connectivity index (χ2v) is 6.23. The van der Waals surface area contributed by atoms with Crippen LogP contribution in [-0.4, -0.2) is 52.7 Å². The number of rotatable bonds is 13. The Balaban J connectivity index is 3.54. The van der Waals surface area contributed by atoms with Gasteiger partial charge in [0.1, 0.15) is 0 Å². The molecule has 20 heavy (non-hydrogen) atoms. The lowest BCUT2D eigenvalue weighted by Gasteiger charge is -2.31. The van der Waals surface area contributed by atoms with Crippen LogP contribution in [0.3, 0.4) is 0 Å². The highest BCUT2D eigenvalue weighted by Gasteiger charge is 2.23. The smallest absolute Gasteiger partial charge is 0.0701 e. The number of hydrogen-bond acceptors (Lipinski definition) is 4. The van der Waals surface area contributed by atoms with Crippen LogP contribution < -0.4 is 5.32 Å². The first kappa shape index (κ1) is 19.8. The van der Waals surface area contributed by atoms with Crippen LogP contribution in [0, 0.1) is 5.41 Å². The fourth-order valence-corrected chi connectivity index (χ4v) is 2.01. The van der Waals surface area contributed by atoms with Crippen molar-refractivity contribution in [3.05, 3.63) is 0 Å². The van der Waals surface area contributed by atoms with Crippen molar-refractivity contribution in [1.29, 1.82) is 0 Å². The minimum atomic E-state index is 0.304. The van der Waals surface area contributed by atoms with Gasteiger partial charge in [-0.25, -0.2) is 0 Å². The minimum Gasteiger partial charge on any atom is -0.382 e. The van der Waals surface area contributed by atoms with Crippen molar-refractivity contribution in [3.63, 3.8) is 0 Å². The fourth-order valence-electron chi connectivity index (χ4n) is 2.01. The van der Waals surface area contributed by atoms with Crippen molar-refractivity contribution in [3.8, 4) is 0 Å². The van der Waals surface area contributed by atoms with Crippen LogP contribution in [0.15, 0.2) is 0 Å². The SMILES string of the molecule is CCCNC(CCCOCCOCCOC)C(C)(C)C. The summed E-state index contributed by atoms with van der Waals surface area (Å²) in [6, 6.07) is 0.559. The van der Waals surface area contributed by atoms with E-state index in [0.29, 0.717) is 37.9 Å². The first-order valence-corrected chi connectivity index (χ1v) is 7.90. The van der Waals surface area contributed by atoms with Crippen LogP contribution in [0.2, 0.25) is 0 Å². The Morgan fingerprint density at radius 2 is 1.55 bits per heavy atom. The molecular formula is C16H35NO3. The fraction of sp³-hybridized carbons (Fsp3) is 1.00. The van der Waals surface area contributed by atoms with Crippen LogP contribution in [-0.2, 0) is 14.2 Å². The standard InChI is InChI=1S/C16H35NO3/c1-6-9-17-15(16(2,3)4)8-7-10-19-13-14-20-12-11-18-5/h15,17H,6-14H2,1-5H3. The molecule has 0 amide bonds. The van der Waals surface area contributed by atoms with E-state index in [1.807, 2.05) is 0 Å². The zero-order valence-corrected chi connectivity index (χ0v) is 14.2. The molecule has 0 saturated heterocycles. The van der Waals surface area contributed by atoms with Crippen LogP contribution >= 0.6 is 0 Å². The maximum absolute atomic E-state index is 5.59. The summed E-state index contributed by atoms with van der Waals surface area (Å²) in [5.41, 5.74) is 0.304. The van der Waals surface area contributed by atoms with E-state index in [1.54, 1.807) is 7.11 Å². The summed E-state index contributed by atoms with van der Waals surface area (Å²) >= 11 is 0. The zero-order valence-electron chi connectivity index (χ0n) is 14.2. The molecule has 1 atom stereocenters. The molecule has 0 aliphatic heterocycles. The van der Waals surface area contributed by atoms with Crippen molar-refractivity contribution in [2.45, 2.75) is 53.0 Å². The van der Waals surface area contributed by atoms with Crippen LogP contribution in [0.5, 0.6) is 0 Å². The van der Waals surface area contributed by atoms with Crippen molar-refractivity contribution >= 4 is 0 Å². The van der Waals surface area contributed by atoms with E-state index >= 15 is 0 Å². The van der Waals surface area contributed by atoms with Crippen molar-refractivity contribution < 1.29 is 14.2 Å². The molecule has 0 aromatic rings. The quantitative estimate of drug-likeness (QED) is 0.529. The first-order valence-electron chi connectivity index (χ1n) is 7.90. The number of ether oxygens (including phenoxy) is 3. The van der Waals surface area contributed by atoms with Crippen molar-refractivity contribution in [2.24, 2.45) is 5.41 Å². The topological polar surface area (TPSA) is 39.7 Å². The molecule has 122 valence electrons. The molecule has 0 saturated carbocycles. The summed E-state index contributed by atoms with van der Waals surface area (Å²) in [7, 11) is 1.68. The van der Waals surface area contributed by atoms with Gasteiger partial charge in [0.15, 0.2) is 0 Å². The predicted molar refractivity (Wildman–Crippen MR) is 84.3 cm³/mol. The maximum atomic E-state index is 5.59. The molecule has 0 heterocycles. The van der Waals surface area contributed by atoms with Gasteiger partial charge in [-0.15, -0.1) is 0 Å². The second-order valence-electron chi connectivity index (χ2n) is 6.23.